The first kappa shape index (κ1) is 29.7. The van der Waals surface area contributed by atoms with Gasteiger partial charge in [-0.2, -0.15) is 5.26 Å². The van der Waals surface area contributed by atoms with E-state index in [1.807, 2.05) is 35.2 Å². The van der Waals surface area contributed by atoms with Crippen molar-refractivity contribution >= 4 is 27.7 Å². The van der Waals surface area contributed by atoms with Crippen molar-refractivity contribution in [2.24, 2.45) is 5.92 Å². The lowest BCUT2D eigenvalue weighted by Gasteiger charge is -2.33. The van der Waals surface area contributed by atoms with Crippen LogP contribution in [0.25, 0.3) is 0 Å². The SMILES string of the molecule is CCOC(=O)c1cc(C#N)c(N2CCC(C(=O)NS(=O)(=O)Cc3ccccc3)CC2)nc1COCc1ccccc1. The van der Waals surface area contributed by atoms with E-state index in [0.29, 0.717) is 49.6 Å². The minimum atomic E-state index is -3.84. The van der Waals surface area contributed by atoms with Crippen molar-refractivity contribution in [3.63, 3.8) is 0 Å². The number of sulfonamides is 1. The van der Waals surface area contributed by atoms with Crippen molar-refractivity contribution < 1.29 is 27.5 Å². The minimum Gasteiger partial charge on any atom is -0.462 e. The molecule has 1 N–H and O–H groups in total. The largest absolute Gasteiger partial charge is 0.462 e. The molecule has 0 atom stereocenters. The van der Waals surface area contributed by atoms with E-state index < -0.39 is 27.8 Å². The Balaban J connectivity index is 1.45. The van der Waals surface area contributed by atoms with Gasteiger partial charge in [-0.1, -0.05) is 60.7 Å². The van der Waals surface area contributed by atoms with Crippen molar-refractivity contribution in [2.75, 3.05) is 24.6 Å². The molecule has 0 spiro atoms. The highest BCUT2D eigenvalue weighted by molar-refractivity contribution is 7.89. The lowest BCUT2D eigenvalue weighted by atomic mass is 9.96. The number of hydrogen-bond donors (Lipinski definition) is 1. The monoisotopic (exact) mass is 576 g/mol. The number of nitrogens with one attached hydrogen (secondary N) is 1. The second kappa shape index (κ2) is 13.9. The first-order valence-corrected chi connectivity index (χ1v) is 15.0. The Labute approximate surface area is 240 Å². The molecule has 1 amide bonds. The summed E-state index contributed by atoms with van der Waals surface area (Å²) < 4.78 is 38.3. The Hall–Kier alpha value is -4.27. The molecule has 4 rings (SSSR count). The number of benzene rings is 2. The number of pyridine rings is 1. The van der Waals surface area contributed by atoms with Crippen molar-refractivity contribution in [3.8, 4) is 6.07 Å². The van der Waals surface area contributed by atoms with Crippen LogP contribution in [0.2, 0.25) is 0 Å². The van der Waals surface area contributed by atoms with Gasteiger partial charge in [0.1, 0.15) is 11.9 Å². The number of carbonyl (C=O) groups is 2. The molecule has 10 nitrogen and oxygen atoms in total. The number of carbonyl (C=O) groups excluding carboxylic acids is 2. The Morgan fingerprint density at radius 2 is 1.66 bits per heavy atom. The molecule has 2 aromatic carbocycles. The third-order valence-electron chi connectivity index (χ3n) is 6.67. The molecule has 1 fully saturated rings. The molecule has 0 unspecified atom stereocenters. The van der Waals surface area contributed by atoms with Crippen LogP contribution < -0.4 is 9.62 Å². The zero-order chi connectivity index (χ0) is 29.2. The Kier molecular flexibility index (Phi) is 10.1. The molecule has 1 aliphatic rings. The highest BCUT2D eigenvalue weighted by Gasteiger charge is 2.30. The molecule has 2 heterocycles. The van der Waals surface area contributed by atoms with E-state index in [2.05, 4.69) is 15.8 Å². The molecular formula is C30H32N4O6S. The average molecular weight is 577 g/mol. The van der Waals surface area contributed by atoms with Crippen molar-refractivity contribution in [2.45, 2.75) is 38.7 Å². The third-order valence-corrected chi connectivity index (χ3v) is 7.89. The number of aromatic nitrogens is 1. The topological polar surface area (TPSA) is 139 Å². The lowest BCUT2D eigenvalue weighted by Crippen LogP contribution is -2.43. The maximum absolute atomic E-state index is 12.8. The van der Waals surface area contributed by atoms with Crippen LogP contribution in [0.5, 0.6) is 0 Å². The van der Waals surface area contributed by atoms with Gasteiger partial charge in [-0.05, 0) is 37.0 Å². The predicted molar refractivity (Wildman–Crippen MR) is 152 cm³/mol. The number of amides is 1. The number of hydrogen-bond acceptors (Lipinski definition) is 9. The summed E-state index contributed by atoms with van der Waals surface area (Å²) in [6, 6.07) is 21.8. The van der Waals surface area contributed by atoms with Crippen LogP contribution in [0.15, 0.2) is 66.7 Å². The number of rotatable bonds is 11. The zero-order valence-corrected chi connectivity index (χ0v) is 23.6. The second-order valence-electron chi connectivity index (χ2n) is 9.64. The molecule has 214 valence electrons. The van der Waals surface area contributed by atoms with Gasteiger partial charge in [-0.25, -0.2) is 18.2 Å². The van der Waals surface area contributed by atoms with Gasteiger partial charge in [0.2, 0.25) is 15.9 Å². The molecule has 1 saturated heterocycles. The maximum atomic E-state index is 12.8. The minimum absolute atomic E-state index is 0.0277. The first-order chi connectivity index (χ1) is 19.8. The summed E-state index contributed by atoms with van der Waals surface area (Å²) in [6.07, 6.45) is 0.747. The van der Waals surface area contributed by atoms with Crippen LogP contribution in [0.3, 0.4) is 0 Å². The molecule has 0 aliphatic carbocycles. The summed E-state index contributed by atoms with van der Waals surface area (Å²) in [5, 5.41) is 9.86. The second-order valence-corrected chi connectivity index (χ2v) is 11.4. The van der Waals surface area contributed by atoms with E-state index in [0.717, 1.165) is 5.56 Å². The fourth-order valence-electron chi connectivity index (χ4n) is 4.62. The standard InChI is InChI=1S/C30H32N4O6S/c1-2-40-30(36)26-17-25(18-31)28(32-27(26)20-39-19-22-9-5-3-6-10-22)34-15-13-24(14-16-34)29(35)33-41(37,38)21-23-11-7-4-8-12-23/h3-12,17,24H,2,13-16,19-21H2,1H3,(H,33,35). The Morgan fingerprint density at radius 1 is 1.02 bits per heavy atom. The molecule has 0 saturated carbocycles. The number of piperidine rings is 1. The molecule has 11 heteroatoms. The van der Waals surface area contributed by atoms with E-state index in [4.69, 9.17) is 9.47 Å². The summed E-state index contributed by atoms with van der Waals surface area (Å²) in [5.74, 6) is -1.53. The van der Waals surface area contributed by atoms with E-state index in [1.165, 1.54) is 6.07 Å². The van der Waals surface area contributed by atoms with Crippen LogP contribution in [0.4, 0.5) is 5.82 Å². The lowest BCUT2D eigenvalue weighted by molar-refractivity contribution is -0.123. The van der Waals surface area contributed by atoms with Crippen LogP contribution in [0.1, 0.15) is 52.5 Å². The van der Waals surface area contributed by atoms with Gasteiger partial charge in [0, 0.05) is 19.0 Å². The van der Waals surface area contributed by atoms with Gasteiger partial charge in [-0.3, -0.25) is 9.52 Å². The van der Waals surface area contributed by atoms with Crippen LogP contribution in [0, 0.1) is 17.2 Å². The molecule has 1 aromatic heterocycles. The van der Waals surface area contributed by atoms with E-state index in [1.54, 1.807) is 37.3 Å². The van der Waals surface area contributed by atoms with Crippen LogP contribution >= 0.6 is 0 Å². The number of esters is 1. The molecular weight excluding hydrogens is 544 g/mol. The summed E-state index contributed by atoms with van der Waals surface area (Å²) in [7, 11) is -3.84. The molecule has 0 bridgehead atoms. The Morgan fingerprint density at radius 3 is 2.27 bits per heavy atom. The molecule has 0 radical (unpaired) electrons. The van der Waals surface area contributed by atoms with Gasteiger partial charge in [-0.15, -0.1) is 0 Å². The predicted octanol–water partition coefficient (Wildman–Crippen LogP) is 3.71. The summed E-state index contributed by atoms with van der Waals surface area (Å²) in [6.45, 7) is 2.96. The highest BCUT2D eigenvalue weighted by atomic mass is 32.2. The van der Waals surface area contributed by atoms with Gasteiger partial charge in [0.25, 0.3) is 0 Å². The summed E-state index contributed by atoms with van der Waals surface area (Å²) in [5.41, 5.74) is 2.27. The number of anilines is 1. The molecule has 3 aromatic rings. The average Bonchev–Trinajstić information content (AvgIpc) is 2.97. The zero-order valence-electron chi connectivity index (χ0n) is 22.8. The van der Waals surface area contributed by atoms with Gasteiger partial charge >= 0.3 is 5.97 Å². The summed E-state index contributed by atoms with van der Waals surface area (Å²) in [4.78, 5) is 32.0. The fraction of sp³-hybridized carbons (Fsp3) is 0.333. The fourth-order valence-corrected chi connectivity index (χ4v) is 5.80. The van der Waals surface area contributed by atoms with Crippen molar-refractivity contribution in [1.29, 1.82) is 5.26 Å². The van der Waals surface area contributed by atoms with Crippen molar-refractivity contribution in [3.05, 3.63) is 94.7 Å². The third kappa shape index (κ3) is 8.13. The van der Waals surface area contributed by atoms with Gasteiger partial charge < -0.3 is 14.4 Å². The van der Waals surface area contributed by atoms with Crippen LogP contribution in [-0.4, -0.2) is 45.0 Å². The van der Waals surface area contributed by atoms with E-state index in [-0.39, 0.29) is 30.1 Å². The van der Waals surface area contributed by atoms with Gasteiger partial charge in [0.05, 0.1) is 42.4 Å². The number of nitriles is 1. The normalized spacial score (nSPS) is 13.8. The van der Waals surface area contributed by atoms with Crippen molar-refractivity contribution in [1.82, 2.24) is 9.71 Å². The van der Waals surface area contributed by atoms with Gasteiger partial charge in [0.15, 0.2) is 0 Å². The number of nitrogens with zero attached hydrogens (tertiary/aromatic N) is 3. The first-order valence-electron chi connectivity index (χ1n) is 13.4. The maximum Gasteiger partial charge on any atom is 0.340 e. The van der Waals surface area contributed by atoms with E-state index in [9.17, 15) is 23.3 Å². The van der Waals surface area contributed by atoms with E-state index >= 15 is 0 Å². The smallest absolute Gasteiger partial charge is 0.340 e. The quantitative estimate of drug-likeness (QED) is 0.339. The van der Waals surface area contributed by atoms with Crippen LogP contribution in [-0.2, 0) is 43.3 Å². The Bertz CT molecular complexity index is 1500. The number of ether oxygens (including phenoxy) is 2. The molecule has 41 heavy (non-hydrogen) atoms. The summed E-state index contributed by atoms with van der Waals surface area (Å²) >= 11 is 0. The molecule has 1 aliphatic heterocycles. The highest BCUT2D eigenvalue weighted by Crippen LogP contribution is 2.28.